The second-order valence-electron chi connectivity index (χ2n) is 6.29. The number of thioether (sulfide) groups is 1. The molecule has 6 heteroatoms. The van der Waals surface area contributed by atoms with Crippen LogP contribution in [-0.4, -0.2) is 47.5 Å². The number of benzene rings is 1. The van der Waals surface area contributed by atoms with Crippen molar-refractivity contribution in [3.05, 3.63) is 24.3 Å². The second-order valence-corrected chi connectivity index (χ2v) is 7.87. The molecule has 1 N–H and O–H groups in total. The van der Waals surface area contributed by atoms with E-state index >= 15 is 0 Å². The first-order valence-corrected chi connectivity index (χ1v) is 9.80. The molecule has 0 spiro atoms. The van der Waals surface area contributed by atoms with E-state index < -0.39 is 0 Å². The maximum atomic E-state index is 12.5. The molecule has 2 aliphatic heterocycles. The lowest BCUT2D eigenvalue weighted by atomic mass is 10.1. The topological polar surface area (TPSA) is 52.7 Å². The third-order valence-corrected chi connectivity index (χ3v) is 5.79. The summed E-state index contributed by atoms with van der Waals surface area (Å²) in [5.74, 6) is 1.26. The van der Waals surface area contributed by atoms with Gasteiger partial charge in [-0.15, -0.1) is 0 Å². The van der Waals surface area contributed by atoms with Crippen molar-refractivity contribution in [3.8, 4) is 0 Å². The van der Waals surface area contributed by atoms with Crippen LogP contribution in [0.3, 0.4) is 0 Å². The van der Waals surface area contributed by atoms with Gasteiger partial charge in [-0.3, -0.25) is 4.79 Å². The van der Waals surface area contributed by atoms with Gasteiger partial charge >= 0.3 is 6.03 Å². The molecule has 0 radical (unpaired) electrons. The molecular weight excluding hydrogens is 322 g/mol. The lowest BCUT2D eigenvalue weighted by Crippen LogP contribution is -2.43. The smallest absolute Gasteiger partial charge is 0.321 e. The van der Waals surface area contributed by atoms with Gasteiger partial charge in [0, 0.05) is 42.7 Å². The van der Waals surface area contributed by atoms with Gasteiger partial charge in [0.15, 0.2) is 0 Å². The summed E-state index contributed by atoms with van der Waals surface area (Å²) in [6.45, 7) is 4.61. The molecule has 0 aliphatic carbocycles. The molecule has 5 nitrogen and oxygen atoms in total. The summed E-state index contributed by atoms with van der Waals surface area (Å²) >= 11 is 1.95. The number of hydrogen-bond donors (Lipinski definition) is 1. The van der Waals surface area contributed by atoms with Crippen LogP contribution in [0.4, 0.5) is 16.2 Å². The minimum atomic E-state index is -0.0219. The maximum absolute atomic E-state index is 12.5. The Hall–Kier alpha value is -1.69. The van der Waals surface area contributed by atoms with Gasteiger partial charge in [0.1, 0.15) is 0 Å². The maximum Gasteiger partial charge on any atom is 0.321 e. The number of hydrogen-bond acceptors (Lipinski definition) is 3. The van der Waals surface area contributed by atoms with E-state index in [1.165, 1.54) is 12.8 Å². The van der Waals surface area contributed by atoms with Crippen molar-refractivity contribution in [2.45, 2.75) is 37.9 Å². The zero-order valence-corrected chi connectivity index (χ0v) is 15.0. The predicted molar refractivity (Wildman–Crippen MR) is 99.8 cm³/mol. The van der Waals surface area contributed by atoms with Gasteiger partial charge in [0.25, 0.3) is 0 Å². The fourth-order valence-electron chi connectivity index (χ4n) is 3.17. The van der Waals surface area contributed by atoms with Crippen LogP contribution in [0.25, 0.3) is 0 Å². The number of nitrogens with one attached hydrogen (secondary N) is 1. The fourth-order valence-corrected chi connectivity index (χ4v) is 4.26. The van der Waals surface area contributed by atoms with Crippen LogP contribution in [0, 0.1) is 0 Å². The predicted octanol–water partition coefficient (Wildman–Crippen LogP) is 3.56. The highest BCUT2D eigenvalue weighted by molar-refractivity contribution is 7.99. The largest absolute Gasteiger partial charge is 0.323 e. The number of rotatable bonds is 4. The van der Waals surface area contributed by atoms with E-state index in [1.807, 2.05) is 40.9 Å². The van der Waals surface area contributed by atoms with Crippen LogP contribution in [0.15, 0.2) is 24.3 Å². The van der Waals surface area contributed by atoms with Crippen LogP contribution in [-0.2, 0) is 4.79 Å². The SMILES string of the molecule is CCSC1CCCCN(C(=O)Nc2ccc(N3CCC3=O)cc2)C1. The van der Waals surface area contributed by atoms with Crippen molar-refractivity contribution >= 4 is 35.1 Å². The van der Waals surface area contributed by atoms with Crippen molar-refractivity contribution in [2.24, 2.45) is 0 Å². The van der Waals surface area contributed by atoms with Gasteiger partial charge < -0.3 is 15.1 Å². The summed E-state index contributed by atoms with van der Waals surface area (Å²) in [6, 6.07) is 7.51. The first-order chi connectivity index (χ1) is 11.7. The average Bonchev–Trinajstić information content (AvgIpc) is 2.81. The molecule has 2 saturated heterocycles. The number of nitrogens with zero attached hydrogens (tertiary/aromatic N) is 2. The Kier molecular flexibility index (Phi) is 5.66. The molecule has 1 unspecified atom stereocenters. The normalized spacial score (nSPS) is 21.2. The van der Waals surface area contributed by atoms with Crippen molar-refractivity contribution < 1.29 is 9.59 Å². The van der Waals surface area contributed by atoms with Gasteiger partial charge in [-0.05, 0) is 42.9 Å². The Labute approximate surface area is 147 Å². The van der Waals surface area contributed by atoms with E-state index in [1.54, 1.807) is 4.90 Å². The van der Waals surface area contributed by atoms with Crippen LogP contribution in [0.1, 0.15) is 32.6 Å². The molecule has 1 aromatic carbocycles. The molecule has 130 valence electrons. The third-order valence-electron chi connectivity index (χ3n) is 4.60. The zero-order chi connectivity index (χ0) is 16.9. The summed E-state index contributed by atoms with van der Waals surface area (Å²) in [4.78, 5) is 27.7. The molecule has 2 heterocycles. The molecule has 0 aromatic heterocycles. The summed E-state index contributed by atoms with van der Waals surface area (Å²) in [5.41, 5.74) is 1.68. The number of anilines is 2. The quantitative estimate of drug-likeness (QED) is 0.847. The van der Waals surface area contributed by atoms with Crippen molar-refractivity contribution in [1.29, 1.82) is 0 Å². The lowest BCUT2D eigenvalue weighted by molar-refractivity contribution is -0.122. The van der Waals surface area contributed by atoms with Crippen LogP contribution >= 0.6 is 11.8 Å². The molecule has 2 aliphatic rings. The summed E-state index contributed by atoms with van der Waals surface area (Å²) < 4.78 is 0. The molecule has 0 bridgehead atoms. The van der Waals surface area contributed by atoms with E-state index in [-0.39, 0.29) is 11.9 Å². The van der Waals surface area contributed by atoms with Crippen LogP contribution in [0.5, 0.6) is 0 Å². The highest BCUT2D eigenvalue weighted by Gasteiger charge is 2.25. The fraction of sp³-hybridized carbons (Fsp3) is 0.556. The molecule has 3 rings (SSSR count). The standard InChI is InChI=1S/C18H25N3O2S/c1-2-24-16-5-3-4-11-20(13-16)18(23)19-14-6-8-15(9-7-14)21-12-10-17(21)22/h6-9,16H,2-5,10-13H2,1H3,(H,19,23). The van der Waals surface area contributed by atoms with Gasteiger partial charge in [-0.1, -0.05) is 13.3 Å². The Morgan fingerprint density at radius 3 is 2.67 bits per heavy atom. The molecular formula is C18H25N3O2S. The first-order valence-electron chi connectivity index (χ1n) is 8.75. The second kappa shape index (κ2) is 7.92. The number of urea groups is 1. The number of amides is 3. The number of carbonyl (C=O) groups is 2. The Bertz CT molecular complexity index is 590. The van der Waals surface area contributed by atoms with E-state index in [0.29, 0.717) is 11.7 Å². The summed E-state index contributed by atoms with van der Waals surface area (Å²) in [7, 11) is 0. The molecule has 1 aromatic rings. The third kappa shape index (κ3) is 4.04. The van der Waals surface area contributed by atoms with Gasteiger partial charge in [-0.2, -0.15) is 11.8 Å². The molecule has 24 heavy (non-hydrogen) atoms. The lowest BCUT2D eigenvalue weighted by Gasteiger charge is -2.30. The number of carbonyl (C=O) groups excluding carboxylic acids is 2. The van der Waals surface area contributed by atoms with E-state index in [4.69, 9.17) is 0 Å². The Balaban J connectivity index is 1.58. The minimum Gasteiger partial charge on any atom is -0.323 e. The number of β-lactam (4-membered cyclic amide) rings is 1. The van der Waals surface area contributed by atoms with Crippen molar-refractivity contribution in [2.75, 3.05) is 35.6 Å². The highest BCUT2D eigenvalue weighted by Crippen LogP contribution is 2.25. The van der Waals surface area contributed by atoms with E-state index in [0.717, 1.165) is 43.2 Å². The van der Waals surface area contributed by atoms with Gasteiger partial charge in [0.05, 0.1) is 0 Å². The first kappa shape index (κ1) is 17.1. The summed E-state index contributed by atoms with van der Waals surface area (Å²) in [5, 5.41) is 3.53. The Morgan fingerprint density at radius 2 is 2.04 bits per heavy atom. The van der Waals surface area contributed by atoms with Crippen LogP contribution < -0.4 is 10.2 Å². The minimum absolute atomic E-state index is 0.0219. The Morgan fingerprint density at radius 1 is 1.25 bits per heavy atom. The molecule has 1 atom stereocenters. The van der Waals surface area contributed by atoms with Gasteiger partial charge in [-0.25, -0.2) is 4.79 Å². The average molecular weight is 347 g/mol. The summed E-state index contributed by atoms with van der Waals surface area (Å²) in [6.07, 6.45) is 4.09. The van der Waals surface area contributed by atoms with Crippen molar-refractivity contribution in [3.63, 3.8) is 0 Å². The molecule has 3 amide bonds. The molecule has 2 fully saturated rings. The van der Waals surface area contributed by atoms with Crippen LogP contribution in [0.2, 0.25) is 0 Å². The van der Waals surface area contributed by atoms with Crippen molar-refractivity contribution in [1.82, 2.24) is 4.90 Å². The van der Waals surface area contributed by atoms with Gasteiger partial charge in [0.2, 0.25) is 5.91 Å². The zero-order valence-electron chi connectivity index (χ0n) is 14.2. The van der Waals surface area contributed by atoms with E-state index in [2.05, 4.69) is 12.2 Å². The van der Waals surface area contributed by atoms with E-state index in [9.17, 15) is 9.59 Å². The number of likely N-dealkylation sites (tertiary alicyclic amines) is 1. The monoisotopic (exact) mass is 347 g/mol. The highest BCUT2D eigenvalue weighted by atomic mass is 32.2. The molecule has 0 saturated carbocycles.